The van der Waals surface area contributed by atoms with Crippen molar-refractivity contribution in [3.05, 3.63) is 12.2 Å². The molecule has 72 valence electrons. The van der Waals surface area contributed by atoms with Gasteiger partial charge >= 0.3 is 0 Å². The number of ketones is 1. The quantitative estimate of drug-likeness (QED) is 0.566. The van der Waals surface area contributed by atoms with Crippen LogP contribution in [0.5, 0.6) is 0 Å². The summed E-state index contributed by atoms with van der Waals surface area (Å²) in [5.41, 5.74) is -0.454. The molecular formula is C10H14O3. The molecule has 2 heterocycles. The van der Waals surface area contributed by atoms with E-state index >= 15 is 0 Å². The molecule has 13 heavy (non-hydrogen) atoms. The maximum atomic E-state index is 11.9. The Balaban J connectivity index is 2.35. The summed E-state index contributed by atoms with van der Waals surface area (Å²) in [6.07, 6.45) is 3.21. The topological polar surface area (TPSA) is 35.5 Å². The van der Waals surface area contributed by atoms with Gasteiger partial charge in [0.05, 0.1) is 11.5 Å². The fourth-order valence-electron chi connectivity index (χ4n) is 1.95. The van der Waals surface area contributed by atoms with Gasteiger partial charge in [-0.2, -0.15) is 0 Å². The SMILES string of the molecule is CO[C@@H]1C(=O)C(C)(C)[C@@H]2C=C[C@H]1O2. The number of hydrogen-bond acceptors (Lipinski definition) is 3. The summed E-state index contributed by atoms with van der Waals surface area (Å²) < 4.78 is 10.8. The van der Waals surface area contributed by atoms with Gasteiger partial charge in [-0.05, 0) is 13.8 Å². The summed E-state index contributed by atoms with van der Waals surface area (Å²) >= 11 is 0. The molecule has 3 nitrogen and oxygen atoms in total. The molecule has 0 aromatic heterocycles. The van der Waals surface area contributed by atoms with Crippen LogP contribution in [0.15, 0.2) is 12.2 Å². The molecule has 0 unspecified atom stereocenters. The number of Topliss-reactive ketones (excluding diaryl/α,β-unsaturated/α-hetero) is 1. The van der Waals surface area contributed by atoms with Crippen LogP contribution in [-0.4, -0.2) is 31.2 Å². The summed E-state index contributed by atoms with van der Waals surface area (Å²) in [6, 6.07) is 0. The maximum absolute atomic E-state index is 11.9. The van der Waals surface area contributed by atoms with Gasteiger partial charge in [-0.15, -0.1) is 0 Å². The van der Waals surface area contributed by atoms with E-state index in [0.29, 0.717) is 0 Å². The van der Waals surface area contributed by atoms with Crippen molar-refractivity contribution in [2.75, 3.05) is 7.11 Å². The largest absolute Gasteiger partial charge is 0.371 e. The Kier molecular flexibility index (Phi) is 1.82. The smallest absolute Gasteiger partial charge is 0.173 e. The third kappa shape index (κ3) is 1.07. The van der Waals surface area contributed by atoms with E-state index in [9.17, 15) is 4.79 Å². The minimum atomic E-state index is -0.454. The van der Waals surface area contributed by atoms with E-state index in [4.69, 9.17) is 9.47 Å². The minimum Gasteiger partial charge on any atom is -0.371 e. The fourth-order valence-corrected chi connectivity index (χ4v) is 1.95. The van der Waals surface area contributed by atoms with Crippen LogP contribution in [0.2, 0.25) is 0 Å². The van der Waals surface area contributed by atoms with Crippen molar-refractivity contribution in [1.29, 1.82) is 0 Å². The first-order valence-corrected chi connectivity index (χ1v) is 4.48. The van der Waals surface area contributed by atoms with Gasteiger partial charge in [-0.1, -0.05) is 12.2 Å². The first-order valence-electron chi connectivity index (χ1n) is 4.48. The van der Waals surface area contributed by atoms with Gasteiger partial charge in [-0.25, -0.2) is 0 Å². The van der Waals surface area contributed by atoms with Crippen molar-refractivity contribution < 1.29 is 14.3 Å². The van der Waals surface area contributed by atoms with Crippen LogP contribution >= 0.6 is 0 Å². The normalized spacial score (nSPS) is 41.2. The van der Waals surface area contributed by atoms with Gasteiger partial charge in [0.2, 0.25) is 0 Å². The first-order chi connectivity index (χ1) is 6.07. The van der Waals surface area contributed by atoms with Crippen molar-refractivity contribution in [2.45, 2.75) is 32.2 Å². The third-order valence-corrected chi connectivity index (χ3v) is 2.94. The van der Waals surface area contributed by atoms with Crippen LogP contribution in [0.4, 0.5) is 0 Å². The Morgan fingerprint density at radius 2 is 2.15 bits per heavy atom. The van der Waals surface area contributed by atoms with Crippen molar-refractivity contribution >= 4 is 5.78 Å². The molecule has 1 fully saturated rings. The fraction of sp³-hybridized carbons (Fsp3) is 0.700. The standard InChI is InChI=1S/C10H14O3/c1-10(2)7-5-4-6(13-7)8(12-3)9(10)11/h4-8H,1-3H3/t6-,7+,8+/m1/s1. The number of hydrogen-bond donors (Lipinski definition) is 0. The lowest BCUT2D eigenvalue weighted by atomic mass is 9.78. The summed E-state index contributed by atoms with van der Waals surface area (Å²) in [4.78, 5) is 11.9. The second kappa shape index (κ2) is 2.66. The van der Waals surface area contributed by atoms with Crippen molar-refractivity contribution in [2.24, 2.45) is 5.41 Å². The van der Waals surface area contributed by atoms with Crippen LogP contribution < -0.4 is 0 Å². The van der Waals surface area contributed by atoms with E-state index < -0.39 is 11.5 Å². The van der Waals surface area contributed by atoms with E-state index in [1.54, 1.807) is 7.11 Å². The highest BCUT2D eigenvalue weighted by Crippen LogP contribution is 2.38. The number of methoxy groups -OCH3 is 1. The van der Waals surface area contributed by atoms with Crippen LogP contribution in [0.3, 0.4) is 0 Å². The molecule has 0 saturated carbocycles. The lowest BCUT2D eigenvalue weighted by Crippen LogP contribution is -2.53. The molecule has 1 saturated heterocycles. The Labute approximate surface area is 77.7 Å². The molecule has 0 N–H and O–H groups in total. The zero-order chi connectivity index (χ0) is 9.64. The number of carbonyl (C=O) groups excluding carboxylic acids is 1. The van der Waals surface area contributed by atoms with Crippen molar-refractivity contribution in [3.63, 3.8) is 0 Å². The monoisotopic (exact) mass is 182 g/mol. The molecule has 0 aromatic carbocycles. The zero-order valence-corrected chi connectivity index (χ0v) is 8.11. The second-order valence-electron chi connectivity index (χ2n) is 4.15. The Bertz CT molecular complexity index is 267. The molecule has 0 spiro atoms. The number of fused-ring (bicyclic) bond motifs is 2. The Morgan fingerprint density at radius 1 is 1.46 bits per heavy atom. The van der Waals surface area contributed by atoms with E-state index in [1.165, 1.54) is 0 Å². The number of ether oxygens (including phenoxy) is 2. The van der Waals surface area contributed by atoms with Gasteiger partial charge < -0.3 is 9.47 Å². The first kappa shape index (κ1) is 8.91. The number of rotatable bonds is 1. The molecular weight excluding hydrogens is 168 g/mol. The minimum absolute atomic E-state index is 0.0728. The summed E-state index contributed by atoms with van der Waals surface area (Å²) in [5.74, 6) is 0.140. The molecule has 3 heteroatoms. The van der Waals surface area contributed by atoms with Gasteiger partial charge in [0.15, 0.2) is 5.78 Å². The second-order valence-corrected chi connectivity index (χ2v) is 4.15. The predicted molar refractivity (Wildman–Crippen MR) is 47.4 cm³/mol. The number of carbonyl (C=O) groups is 1. The average Bonchev–Trinajstić information content (AvgIpc) is 2.51. The third-order valence-electron chi connectivity index (χ3n) is 2.94. The molecule has 0 amide bonds. The van der Waals surface area contributed by atoms with Crippen LogP contribution in [0, 0.1) is 5.41 Å². The van der Waals surface area contributed by atoms with Crippen LogP contribution in [-0.2, 0) is 14.3 Å². The van der Waals surface area contributed by atoms with Crippen molar-refractivity contribution in [3.8, 4) is 0 Å². The molecule has 2 bridgehead atoms. The lowest BCUT2D eigenvalue weighted by Gasteiger charge is -2.38. The van der Waals surface area contributed by atoms with Gasteiger partial charge in [0.25, 0.3) is 0 Å². The molecule has 3 atom stereocenters. The lowest BCUT2D eigenvalue weighted by molar-refractivity contribution is -0.169. The zero-order valence-electron chi connectivity index (χ0n) is 8.11. The Morgan fingerprint density at radius 3 is 2.77 bits per heavy atom. The highest BCUT2D eigenvalue weighted by Gasteiger charge is 2.51. The van der Waals surface area contributed by atoms with Gasteiger partial charge in [0.1, 0.15) is 12.2 Å². The predicted octanol–water partition coefficient (Wildman–Crippen LogP) is 0.934. The highest BCUT2D eigenvalue weighted by molar-refractivity contribution is 5.91. The van der Waals surface area contributed by atoms with E-state index in [1.807, 2.05) is 26.0 Å². The van der Waals surface area contributed by atoms with Crippen LogP contribution in [0.1, 0.15) is 13.8 Å². The summed E-state index contributed by atoms with van der Waals surface area (Å²) in [6.45, 7) is 3.80. The van der Waals surface area contributed by atoms with E-state index in [0.717, 1.165) is 0 Å². The van der Waals surface area contributed by atoms with Crippen LogP contribution in [0.25, 0.3) is 0 Å². The summed E-state index contributed by atoms with van der Waals surface area (Å²) in [5, 5.41) is 0. The Hall–Kier alpha value is -0.670. The van der Waals surface area contributed by atoms with E-state index in [-0.39, 0.29) is 18.0 Å². The maximum Gasteiger partial charge on any atom is 0.173 e. The van der Waals surface area contributed by atoms with Gasteiger partial charge in [-0.3, -0.25) is 4.79 Å². The molecule has 0 radical (unpaired) electrons. The molecule has 2 aliphatic heterocycles. The van der Waals surface area contributed by atoms with E-state index in [2.05, 4.69) is 0 Å². The van der Waals surface area contributed by atoms with Gasteiger partial charge in [0, 0.05) is 7.11 Å². The average molecular weight is 182 g/mol. The molecule has 0 aliphatic carbocycles. The molecule has 2 rings (SSSR count). The summed E-state index contributed by atoms with van der Waals surface area (Å²) in [7, 11) is 1.55. The highest BCUT2D eigenvalue weighted by atomic mass is 16.6. The molecule has 0 aromatic rings. The van der Waals surface area contributed by atoms with Crippen molar-refractivity contribution in [1.82, 2.24) is 0 Å². The molecule has 2 aliphatic rings.